The van der Waals surface area contributed by atoms with Crippen LogP contribution in [0.2, 0.25) is 0 Å². The normalized spacial score (nSPS) is 14.7. The van der Waals surface area contributed by atoms with E-state index < -0.39 is 11.7 Å². The molecule has 4 nitrogen and oxygen atoms in total. The molecule has 0 atom stereocenters. The highest BCUT2D eigenvalue weighted by Gasteiger charge is 2.31. The third kappa shape index (κ3) is 4.60. The molecule has 2 aromatic carbocycles. The zero-order valence-corrected chi connectivity index (χ0v) is 15.0. The molecule has 0 spiro atoms. The lowest BCUT2D eigenvalue weighted by atomic mass is 9.92. The summed E-state index contributed by atoms with van der Waals surface area (Å²) in [6.45, 7) is 1.70. The van der Waals surface area contributed by atoms with Crippen LogP contribution in [-0.2, 0) is 36.9 Å². The van der Waals surface area contributed by atoms with Crippen molar-refractivity contribution >= 4 is 5.91 Å². The van der Waals surface area contributed by atoms with Gasteiger partial charge >= 0.3 is 6.18 Å². The Hall–Kier alpha value is -2.54. The van der Waals surface area contributed by atoms with Gasteiger partial charge < -0.3 is 10.5 Å². The van der Waals surface area contributed by atoms with Crippen LogP contribution < -0.4 is 10.5 Å². The molecule has 0 saturated heterocycles. The third-order valence-corrected chi connectivity index (χ3v) is 4.74. The second-order valence-electron chi connectivity index (χ2n) is 6.73. The fraction of sp³-hybridized carbons (Fsp3) is 0.350. The van der Waals surface area contributed by atoms with Crippen molar-refractivity contribution in [3.05, 3.63) is 64.2 Å². The molecular formula is C20H21F3N2O2. The topological polar surface area (TPSA) is 55.6 Å². The molecule has 1 aliphatic rings. The standard InChI is InChI=1S/C20H21F3N2O2/c1-27-17-8-13(7-16(10-17)20(21,22)23)11-25-6-5-18-14(9-19(24)26)3-2-4-15(18)12-25/h2-4,7-8,10H,5-6,9,11-12H2,1H3,(H2,24,26). The molecule has 0 aromatic heterocycles. The van der Waals surface area contributed by atoms with Crippen LogP contribution >= 0.6 is 0 Å². The summed E-state index contributed by atoms with van der Waals surface area (Å²) in [4.78, 5) is 13.3. The Labute approximate surface area is 155 Å². The average Bonchev–Trinajstić information content (AvgIpc) is 2.60. The van der Waals surface area contributed by atoms with Gasteiger partial charge in [-0.3, -0.25) is 9.69 Å². The van der Waals surface area contributed by atoms with Gasteiger partial charge in [-0.1, -0.05) is 18.2 Å². The Kier molecular flexibility index (Phi) is 5.41. The number of fused-ring (bicyclic) bond motifs is 1. The van der Waals surface area contributed by atoms with E-state index in [0.29, 0.717) is 25.2 Å². The molecule has 0 radical (unpaired) electrons. The zero-order chi connectivity index (χ0) is 19.6. The summed E-state index contributed by atoms with van der Waals surface area (Å²) < 4.78 is 44.3. The predicted molar refractivity (Wildman–Crippen MR) is 95.2 cm³/mol. The second kappa shape index (κ2) is 7.60. The van der Waals surface area contributed by atoms with Crippen molar-refractivity contribution < 1.29 is 22.7 Å². The molecule has 2 N–H and O–H groups in total. The number of methoxy groups -OCH3 is 1. The second-order valence-corrected chi connectivity index (χ2v) is 6.73. The lowest BCUT2D eigenvalue weighted by molar-refractivity contribution is -0.137. The van der Waals surface area contributed by atoms with Crippen LogP contribution in [0.25, 0.3) is 0 Å². The first kappa shape index (κ1) is 19.2. The van der Waals surface area contributed by atoms with Crippen molar-refractivity contribution in [1.29, 1.82) is 0 Å². The molecule has 0 unspecified atom stereocenters. The highest BCUT2D eigenvalue weighted by Crippen LogP contribution is 2.33. The van der Waals surface area contributed by atoms with E-state index in [2.05, 4.69) is 4.90 Å². The number of rotatable bonds is 5. The van der Waals surface area contributed by atoms with Crippen molar-refractivity contribution in [2.75, 3.05) is 13.7 Å². The molecular weight excluding hydrogens is 357 g/mol. The first-order chi connectivity index (χ1) is 12.8. The largest absolute Gasteiger partial charge is 0.497 e. The van der Waals surface area contributed by atoms with Crippen LogP contribution in [0.15, 0.2) is 36.4 Å². The summed E-state index contributed by atoms with van der Waals surface area (Å²) in [7, 11) is 1.36. The van der Waals surface area contributed by atoms with Gasteiger partial charge in [-0.15, -0.1) is 0 Å². The highest BCUT2D eigenvalue weighted by molar-refractivity contribution is 5.77. The van der Waals surface area contributed by atoms with E-state index in [1.165, 1.54) is 13.2 Å². The molecule has 0 aliphatic carbocycles. The summed E-state index contributed by atoms with van der Waals surface area (Å²) in [5.41, 5.74) is 8.29. The van der Waals surface area contributed by atoms with E-state index in [1.807, 2.05) is 18.2 Å². The number of primary amides is 1. The minimum atomic E-state index is -4.42. The molecule has 0 bridgehead atoms. The van der Waals surface area contributed by atoms with Gasteiger partial charge in [0.25, 0.3) is 0 Å². The molecule has 0 fully saturated rings. The monoisotopic (exact) mass is 378 g/mol. The molecule has 1 amide bonds. The minimum Gasteiger partial charge on any atom is -0.497 e. The predicted octanol–water partition coefficient (Wildman–Crippen LogP) is 3.30. The molecule has 1 heterocycles. The van der Waals surface area contributed by atoms with E-state index in [1.54, 1.807) is 6.07 Å². The highest BCUT2D eigenvalue weighted by atomic mass is 19.4. The van der Waals surface area contributed by atoms with Gasteiger partial charge in [0.05, 0.1) is 19.1 Å². The molecule has 144 valence electrons. The number of alkyl halides is 3. The summed E-state index contributed by atoms with van der Waals surface area (Å²) >= 11 is 0. The van der Waals surface area contributed by atoms with Crippen molar-refractivity contribution in [3.8, 4) is 5.75 Å². The van der Waals surface area contributed by atoms with Crippen LogP contribution in [0.5, 0.6) is 5.75 Å². The van der Waals surface area contributed by atoms with Crippen molar-refractivity contribution in [1.82, 2.24) is 4.90 Å². The molecule has 1 aliphatic heterocycles. The fourth-order valence-electron chi connectivity index (χ4n) is 3.53. The molecule has 7 heteroatoms. The number of benzene rings is 2. The van der Waals surface area contributed by atoms with E-state index in [9.17, 15) is 18.0 Å². The lowest BCUT2D eigenvalue weighted by Gasteiger charge is -2.30. The maximum Gasteiger partial charge on any atom is 0.416 e. The van der Waals surface area contributed by atoms with Crippen molar-refractivity contribution in [2.24, 2.45) is 5.73 Å². The molecule has 2 aromatic rings. The van der Waals surface area contributed by atoms with E-state index in [0.717, 1.165) is 29.2 Å². The Morgan fingerprint density at radius 1 is 1.26 bits per heavy atom. The third-order valence-electron chi connectivity index (χ3n) is 4.74. The number of ether oxygens (including phenoxy) is 1. The van der Waals surface area contributed by atoms with Crippen LogP contribution in [0.3, 0.4) is 0 Å². The van der Waals surface area contributed by atoms with Gasteiger partial charge in [0.1, 0.15) is 5.75 Å². The Balaban J connectivity index is 1.80. The molecule has 27 heavy (non-hydrogen) atoms. The maximum atomic E-state index is 13.1. The molecule has 3 rings (SSSR count). The number of nitrogens with two attached hydrogens (primary N) is 1. The first-order valence-electron chi connectivity index (χ1n) is 8.61. The SMILES string of the molecule is COc1cc(CN2CCc3c(CC(N)=O)cccc3C2)cc(C(F)(F)F)c1. The van der Waals surface area contributed by atoms with Crippen molar-refractivity contribution in [3.63, 3.8) is 0 Å². The number of nitrogens with zero attached hydrogens (tertiary/aromatic N) is 1. The zero-order valence-electron chi connectivity index (χ0n) is 15.0. The van der Waals surface area contributed by atoms with E-state index in [-0.39, 0.29) is 18.1 Å². The molecule has 0 saturated carbocycles. The van der Waals surface area contributed by atoms with Gasteiger partial charge in [-0.05, 0) is 46.9 Å². The van der Waals surface area contributed by atoms with Gasteiger partial charge in [-0.25, -0.2) is 0 Å². The summed E-state index contributed by atoms with van der Waals surface area (Å²) in [6.07, 6.45) is -3.48. The number of halogens is 3. The van der Waals surface area contributed by atoms with Crippen LogP contribution in [0.1, 0.15) is 27.8 Å². The number of amides is 1. The van der Waals surface area contributed by atoms with Crippen LogP contribution in [-0.4, -0.2) is 24.5 Å². The van der Waals surface area contributed by atoms with Gasteiger partial charge in [0.15, 0.2) is 0 Å². The van der Waals surface area contributed by atoms with E-state index in [4.69, 9.17) is 10.5 Å². The number of carbonyl (C=O) groups is 1. The summed E-state index contributed by atoms with van der Waals surface area (Å²) in [6, 6.07) is 9.57. The number of hydrogen-bond donors (Lipinski definition) is 1. The number of hydrogen-bond acceptors (Lipinski definition) is 3. The summed E-state index contributed by atoms with van der Waals surface area (Å²) in [5.74, 6) is -0.178. The number of carbonyl (C=O) groups excluding carboxylic acids is 1. The maximum absolute atomic E-state index is 13.1. The Bertz CT molecular complexity index is 850. The van der Waals surface area contributed by atoms with Gasteiger partial charge in [0, 0.05) is 19.6 Å². The Morgan fingerprint density at radius 3 is 2.70 bits per heavy atom. The first-order valence-corrected chi connectivity index (χ1v) is 8.61. The minimum absolute atomic E-state index is 0.195. The Morgan fingerprint density at radius 2 is 2.04 bits per heavy atom. The smallest absolute Gasteiger partial charge is 0.416 e. The lowest BCUT2D eigenvalue weighted by Crippen LogP contribution is -2.31. The van der Waals surface area contributed by atoms with Crippen molar-refractivity contribution in [2.45, 2.75) is 32.1 Å². The summed E-state index contributed by atoms with van der Waals surface area (Å²) in [5, 5.41) is 0. The van der Waals surface area contributed by atoms with Crippen LogP contribution in [0.4, 0.5) is 13.2 Å². The van der Waals surface area contributed by atoms with E-state index >= 15 is 0 Å². The van der Waals surface area contributed by atoms with Gasteiger partial charge in [0.2, 0.25) is 5.91 Å². The van der Waals surface area contributed by atoms with Gasteiger partial charge in [-0.2, -0.15) is 13.2 Å². The van der Waals surface area contributed by atoms with Crippen LogP contribution in [0, 0.1) is 0 Å². The average molecular weight is 378 g/mol. The fourth-order valence-corrected chi connectivity index (χ4v) is 3.53. The quantitative estimate of drug-likeness (QED) is 0.869.